The molecule has 0 spiro atoms. The van der Waals surface area contributed by atoms with Crippen molar-refractivity contribution in [3.8, 4) is 0 Å². The van der Waals surface area contributed by atoms with Gasteiger partial charge >= 0.3 is 6.18 Å². The molecular formula is C18H21ClF3N3O3. The van der Waals surface area contributed by atoms with E-state index in [1.807, 2.05) is 20.8 Å². The average molecular weight is 420 g/mol. The summed E-state index contributed by atoms with van der Waals surface area (Å²) in [6.45, 7) is 7.41. The molecule has 0 aromatic carbocycles. The van der Waals surface area contributed by atoms with E-state index in [9.17, 15) is 22.8 Å². The highest BCUT2D eigenvalue weighted by Gasteiger charge is 2.38. The van der Waals surface area contributed by atoms with Gasteiger partial charge in [-0.05, 0) is 38.3 Å². The molecule has 0 bridgehead atoms. The Morgan fingerprint density at radius 1 is 1.21 bits per heavy atom. The standard InChI is InChI=1S/C18H21ClF3N3O3/c1-9(2)7-10(3)28-8-12-11(4)16(26)25(17(12)27)24-14-6-5-13(15(19)23-14)18(20,21)22/h5-6,9-10H,7-8H2,1-4H3,(H,23,24). The van der Waals surface area contributed by atoms with Crippen LogP contribution in [-0.4, -0.2) is 34.5 Å². The number of aromatic nitrogens is 1. The monoisotopic (exact) mass is 419 g/mol. The Morgan fingerprint density at radius 3 is 2.39 bits per heavy atom. The van der Waals surface area contributed by atoms with Gasteiger partial charge in [0, 0.05) is 5.57 Å². The van der Waals surface area contributed by atoms with Crippen LogP contribution in [0, 0.1) is 5.92 Å². The zero-order valence-electron chi connectivity index (χ0n) is 15.9. The summed E-state index contributed by atoms with van der Waals surface area (Å²) >= 11 is 5.57. The molecule has 0 fully saturated rings. The molecule has 1 N–H and O–H groups in total. The highest BCUT2D eigenvalue weighted by molar-refractivity contribution is 6.30. The number of nitrogens with one attached hydrogen (secondary N) is 1. The normalized spacial score (nSPS) is 16.4. The Hall–Kier alpha value is -2.13. The quantitative estimate of drug-likeness (QED) is 0.529. The van der Waals surface area contributed by atoms with E-state index >= 15 is 0 Å². The minimum absolute atomic E-state index is 0.0380. The number of hydrogen-bond donors (Lipinski definition) is 1. The van der Waals surface area contributed by atoms with E-state index in [2.05, 4.69) is 10.4 Å². The summed E-state index contributed by atoms with van der Waals surface area (Å²) in [5.41, 5.74) is 1.69. The summed E-state index contributed by atoms with van der Waals surface area (Å²) in [4.78, 5) is 28.5. The first kappa shape index (κ1) is 22.2. The zero-order chi connectivity index (χ0) is 21.2. The molecule has 1 aliphatic rings. The molecule has 0 saturated heterocycles. The van der Waals surface area contributed by atoms with Crippen LogP contribution in [0.1, 0.15) is 39.7 Å². The predicted molar refractivity (Wildman–Crippen MR) is 97.3 cm³/mol. The fraction of sp³-hybridized carbons (Fsp3) is 0.500. The molecule has 2 amide bonds. The molecule has 1 unspecified atom stereocenters. The van der Waals surface area contributed by atoms with Gasteiger partial charge in [0.25, 0.3) is 11.8 Å². The first-order valence-electron chi connectivity index (χ1n) is 8.62. The number of carbonyl (C=O) groups excluding carboxylic acids is 2. The lowest BCUT2D eigenvalue weighted by atomic mass is 10.1. The molecule has 1 aliphatic heterocycles. The topological polar surface area (TPSA) is 71.5 Å². The number of halogens is 4. The summed E-state index contributed by atoms with van der Waals surface area (Å²) < 4.78 is 43.9. The second-order valence-corrected chi connectivity index (χ2v) is 7.30. The molecule has 0 aliphatic carbocycles. The van der Waals surface area contributed by atoms with Crippen molar-refractivity contribution in [3.63, 3.8) is 0 Å². The molecule has 0 saturated carbocycles. The molecule has 0 radical (unpaired) electrons. The number of rotatable bonds is 7. The van der Waals surface area contributed by atoms with Crippen molar-refractivity contribution < 1.29 is 27.5 Å². The average Bonchev–Trinajstić information content (AvgIpc) is 2.75. The molecule has 154 valence electrons. The molecular weight excluding hydrogens is 399 g/mol. The van der Waals surface area contributed by atoms with Crippen LogP contribution in [0.25, 0.3) is 0 Å². The Bertz CT molecular complexity index is 809. The summed E-state index contributed by atoms with van der Waals surface area (Å²) in [5.74, 6) is -1.02. The van der Waals surface area contributed by atoms with Crippen molar-refractivity contribution in [2.45, 2.75) is 46.4 Å². The Kier molecular flexibility index (Phi) is 6.71. The van der Waals surface area contributed by atoms with Crippen molar-refractivity contribution in [2.24, 2.45) is 5.92 Å². The highest BCUT2D eigenvalue weighted by atomic mass is 35.5. The molecule has 2 rings (SSSR count). The van der Waals surface area contributed by atoms with Gasteiger partial charge in [-0.15, -0.1) is 0 Å². The van der Waals surface area contributed by atoms with Gasteiger partial charge < -0.3 is 4.74 Å². The van der Waals surface area contributed by atoms with Gasteiger partial charge in [-0.1, -0.05) is 25.4 Å². The summed E-state index contributed by atoms with van der Waals surface area (Å²) in [5, 5.41) is -0.0973. The minimum Gasteiger partial charge on any atom is -0.374 e. The number of amides is 2. The van der Waals surface area contributed by atoms with E-state index in [0.717, 1.165) is 18.6 Å². The molecule has 10 heteroatoms. The number of hydrogen-bond acceptors (Lipinski definition) is 5. The third-order valence-corrected chi connectivity index (χ3v) is 4.42. The minimum atomic E-state index is -4.66. The van der Waals surface area contributed by atoms with Crippen LogP contribution in [0.4, 0.5) is 19.0 Å². The van der Waals surface area contributed by atoms with Crippen molar-refractivity contribution >= 4 is 29.2 Å². The first-order chi connectivity index (χ1) is 12.9. The van der Waals surface area contributed by atoms with Crippen molar-refractivity contribution in [1.82, 2.24) is 9.99 Å². The van der Waals surface area contributed by atoms with Crippen LogP contribution in [0.3, 0.4) is 0 Å². The van der Waals surface area contributed by atoms with Crippen molar-refractivity contribution in [2.75, 3.05) is 12.0 Å². The summed E-state index contributed by atoms with van der Waals surface area (Å²) in [7, 11) is 0. The molecule has 1 atom stereocenters. The molecule has 2 heterocycles. The number of hydrazine groups is 1. The Balaban J connectivity index is 2.10. The van der Waals surface area contributed by atoms with Crippen molar-refractivity contribution in [3.05, 3.63) is 34.0 Å². The van der Waals surface area contributed by atoms with Crippen LogP contribution < -0.4 is 5.43 Å². The number of anilines is 1. The van der Waals surface area contributed by atoms with Gasteiger partial charge in [-0.3, -0.25) is 15.0 Å². The lowest BCUT2D eigenvalue weighted by Crippen LogP contribution is -2.37. The summed E-state index contributed by atoms with van der Waals surface area (Å²) in [6, 6.07) is 1.71. The van der Waals surface area contributed by atoms with Gasteiger partial charge in [-0.2, -0.15) is 18.2 Å². The molecule has 1 aromatic heterocycles. The number of pyridine rings is 1. The SMILES string of the molecule is CC1=C(COC(C)CC(C)C)C(=O)N(Nc2ccc(C(F)(F)F)c(Cl)n2)C1=O. The van der Waals surface area contributed by atoms with Crippen LogP contribution in [0.2, 0.25) is 5.15 Å². The summed E-state index contributed by atoms with van der Waals surface area (Å²) in [6.07, 6.45) is -3.96. The van der Waals surface area contributed by atoms with E-state index in [1.54, 1.807) is 0 Å². The third kappa shape index (κ3) is 5.02. The van der Waals surface area contributed by atoms with Crippen LogP contribution >= 0.6 is 11.6 Å². The fourth-order valence-electron chi connectivity index (χ4n) is 2.74. The fourth-order valence-corrected chi connectivity index (χ4v) is 3.00. The number of alkyl halides is 3. The van der Waals surface area contributed by atoms with Crippen LogP contribution in [0.5, 0.6) is 0 Å². The van der Waals surface area contributed by atoms with Crippen LogP contribution in [0.15, 0.2) is 23.3 Å². The van der Waals surface area contributed by atoms with E-state index in [4.69, 9.17) is 16.3 Å². The third-order valence-electron chi connectivity index (χ3n) is 4.13. The lowest BCUT2D eigenvalue weighted by Gasteiger charge is -2.18. The second-order valence-electron chi connectivity index (χ2n) is 6.94. The highest BCUT2D eigenvalue weighted by Crippen LogP contribution is 2.34. The van der Waals surface area contributed by atoms with E-state index in [1.165, 1.54) is 6.92 Å². The maximum absolute atomic E-state index is 12.8. The Morgan fingerprint density at radius 2 is 1.86 bits per heavy atom. The van der Waals surface area contributed by atoms with Gasteiger partial charge in [0.2, 0.25) is 0 Å². The largest absolute Gasteiger partial charge is 0.419 e. The van der Waals surface area contributed by atoms with Gasteiger partial charge in [-0.25, -0.2) is 4.98 Å². The molecule has 28 heavy (non-hydrogen) atoms. The predicted octanol–water partition coefficient (Wildman–Crippen LogP) is 4.22. The van der Waals surface area contributed by atoms with Crippen molar-refractivity contribution in [1.29, 1.82) is 0 Å². The second kappa shape index (κ2) is 8.48. The molecule has 6 nitrogen and oxygen atoms in total. The number of imide groups is 1. The number of nitrogens with zero attached hydrogens (tertiary/aromatic N) is 2. The Labute approximate surface area is 165 Å². The molecule has 1 aromatic rings. The first-order valence-corrected chi connectivity index (χ1v) is 9.00. The van der Waals surface area contributed by atoms with Gasteiger partial charge in [0.15, 0.2) is 0 Å². The number of ether oxygens (including phenoxy) is 1. The van der Waals surface area contributed by atoms with E-state index in [-0.39, 0.29) is 29.7 Å². The van der Waals surface area contributed by atoms with E-state index in [0.29, 0.717) is 10.9 Å². The maximum Gasteiger partial charge on any atom is 0.419 e. The van der Waals surface area contributed by atoms with E-state index < -0.39 is 28.7 Å². The number of carbonyl (C=O) groups is 2. The lowest BCUT2D eigenvalue weighted by molar-refractivity contribution is -0.138. The van der Waals surface area contributed by atoms with Gasteiger partial charge in [0.1, 0.15) is 11.0 Å². The maximum atomic E-state index is 12.8. The smallest absolute Gasteiger partial charge is 0.374 e. The van der Waals surface area contributed by atoms with Crippen LogP contribution in [-0.2, 0) is 20.5 Å². The zero-order valence-corrected chi connectivity index (χ0v) is 16.6. The van der Waals surface area contributed by atoms with Gasteiger partial charge in [0.05, 0.1) is 23.8 Å².